The Labute approximate surface area is 134 Å². The quantitative estimate of drug-likeness (QED) is 0.316. The van der Waals surface area contributed by atoms with Gasteiger partial charge in [0.25, 0.3) is 0 Å². The minimum atomic E-state index is -0.652. The molecule has 0 fully saturated rings. The van der Waals surface area contributed by atoms with Crippen LogP contribution in [-0.2, 0) is 4.79 Å². The summed E-state index contributed by atoms with van der Waals surface area (Å²) >= 11 is 1.87. The van der Waals surface area contributed by atoms with E-state index in [1.807, 2.05) is 16.9 Å². The van der Waals surface area contributed by atoms with Crippen LogP contribution in [0.2, 0.25) is 5.21 Å². The number of carboxylic acid groups (broad SMARTS) is 1. The molecule has 0 saturated heterocycles. The summed E-state index contributed by atoms with van der Waals surface area (Å²) in [5, 5.41) is 9.92. The molecule has 0 aliphatic carbocycles. The van der Waals surface area contributed by atoms with E-state index in [-0.39, 0.29) is 0 Å². The van der Waals surface area contributed by atoms with Crippen LogP contribution in [0.3, 0.4) is 0 Å². The first-order chi connectivity index (χ1) is 9.77. The number of rotatable bonds is 16. The number of carbonyl (C=O) groups is 1. The van der Waals surface area contributed by atoms with Crippen LogP contribution in [0, 0.1) is 0 Å². The Morgan fingerprint density at radius 3 is 1.20 bits per heavy atom. The Balaban J connectivity index is 2.94. The van der Waals surface area contributed by atoms with Gasteiger partial charge in [0.1, 0.15) is 0 Å². The van der Waals surface area contributed by atoms with E-state index in [9.17, 15) is 4.79 Å². The summed E-state index contributed by atoms with van der Waals surface area (Å²) in [6, 6.07) is 0. The fourth-order valence-electron chi connectivity index (χ4n) is 2.54. The number of hydrogen-bond acceptors (Lipinski definition) is 1. The van der Waals surface area contributed by atoms with E-state index in [4.69, 9.17) is 5.11 Å². The molecule has 1 atom stereocenters. The number of unbranched alkanes of at least 4 members (excludes halogenated alkanes) is 13. The van der Waals surface area contributed by atoms with E-state index in [0.717, 1.165) is 12.8 Å². The minimum absolute atomic E-state index is 0.346. The van der Waals surface area contributed by atoms with Gasteiger partial charge in [0.2, 0.25) is 0 Å². The van der Waals surface area contributed by atoms with Gasteiger partial charge in [0, 0.05) is 6.42 Å². The Morgan fingerprint density at radius 2 is 0.900 bits per heavy atom. The average molecular weight is 346 g/mol. The molecule has 2 nitrogen and oxygen atoms in total. The van der Waals surface area contributed by atoms with Crippen molar-refractivity contribution in [2.45, 2.75) is 102 Å². The second-order valence-electron chi connectivity index (χ2n) is 5.88. The molecule has 0 aliphatic rings. The molecule has 0 aromatic rings. The SMILES string of the molecule is O=C(O)CCCCCCCCCCCCCCCC[AsH2]. The van der Waals surface area contributed by atoms with Crippen molar-refractivity contribution >= 4 is 22.8 Å². The second-order valence-corrected chi connectivity index (χ2v) is 7.09. The first-order valence-corrected chi connectivity index (χ1v) is 10.4. The molecule has 1 N–H and O–H groups in total. The van der Waals surface area contributed by atoms with Gasteiger partial charge in [0.15, 0.2) is 0 Å². The number of aliphatic carboxylic acids is 1. The summed E-state index contributed by atoms with van der Waals surface area (Å²) in [4.78, 5) is 10.3. The fraction of sp³-hybridized carbons (Fsp3) is 0.941. The number of carboxylic acids is 1. The predicted octanol–water partition coefficient (Wildman–Crippen LogP) is 4.97. The average Bonchev–Trinajstić information content (AvgIpc) is 2.43. The van der Waals surface area contributed by atoms with Crippen molar-refractivity contribution < 1.29 is 9.90 Å². The first-order valence-electron chi connectivity index (χ1n) is 8.69. The standard InChI is InChI=1S/C17H35AsO2/c18-16-14-12-10-8-6-4-2-1-3-5-7-9-11-13-15-17(19)20/h1-16,18H2,(H,19,20). The summed E-state index contributed by atoms with van der Waals surface area (Å²) in [7, 11) is 0. The molecule has 0 saturated carbocycles. The van der Waals surface area contributed by atoms with Crippen LogP contribution in [0.25, 0.3) is 0 Å². The van der Waals surface area contributed by atoms with E-state index in [1.54, 1.807) is 0 Å². The van der Waals surface area contributed by atoms with E-state index < -0.39 is 5.97 Å². The van der Waals surface area contributed by atoms with Gasteiger partial charge in [-0.3, -0.25) is 4.79 Å². The van der Waals surface area contributed by atoms with Crippen LogP contribution in [0.1, 0.15) is 96.3 Å². The molecule has 0 bridgehead atoms. The summed E-state index contributed by atoms with van der Waals surface area (Å²) in [5.74, 6) is -0.652. The van der Waals surface area contributed by atoms with Crippen molar-refractivity contribution in [3.8, 4) is 0 Å². The summed E-state index contributed by atoms with van der Waals surface area (Å²) in [5.41, 5.74) is 0. The van der Waals surface area contributed by atoms with Gasteiger partial charge in [-0.05, 0) is 6.42 Å². The molecule has 1 unspecified atom stereocenters. The van der Waals surface area contributed by atoms with Gasteiger partial charge in [-0.1, -0.05) is 12.8 Å². The third kappa shape index (κ3) is 18.0. The Hall–Kier alpha value is 0.0284. The molecule has 0 radical (unpaired) electrons. The zero-order chi connectivity index (χ0) is 14.9. The normalized spacial score (nSPS) is 10.8. The molecule has 0 heterocycles. The maximum absolute atomic E-state index is 10.3. The van der Waals surface area contributed by atoms with Crippen LogP contribution in [0.4, 0.5) is 0 Å². The van der Waals surface area contributed by atoms with E-state index in [1.165, 1.54) is 82.3 Å². The van der Waals surface area contributed by atoms with Gasteiger partial charge < -0.3 is 5.11 Å². The van der Waals surface area contributed by atoms with Gasteiger partial charge in [-0.25, -0.2) is 0 Å². The summed E-state index contributed by atoms with van der Waals surface area (Å²) in [6.45, 7) is 0. The first kappa shape index (κ1) is 20.0. The Kier molecular flexibility index (Phi) is 17.1. The second kappa shape index (κ2) is 17.1. The molecule has 0 aromatic carbocycles. The summed E-state index contributed by atoms with van der Waals surface area (Å²) < 4.78 is 0. The third-order valence-corrected chi connectivity index (χ3v) is 4.70. The number of hydrogen-bond donors (Lipinski definition) is 1. The molecular weight excluding hydrogens is 311 g/mol. The molecule has 120 valence electrons. The molecule has 3 heteroatoms. The van der Waals surface area contributed by atoms with Gasteiger partial charge in [0.05, 0.1) is 0 Å². The molecule has 0 rings (SSSR count). The monoisotopic (exact) mass is 346 g/mol. The molecule has 0 amide bonds. The Bertz CT molecular complexity index is 207. The van der Waals surface area contributed by atoms with Gasteiger partial charge in [-0.2, -0.15) is 0 Å². The van der Waals surface area contributed by atoms with Gasteiger partial charge in [-0.15, -0.1) is 0 Å². The van der Waals surface area contributed by atoms with Crippen molar-refractivity contribution in [3.63, 3.8) is 0 Å². The third-order valence-electron chi connectivity index (χ3n) is 3.84. The molecule has 0 aliphatic heterocycles. The molecular formula is C17H35AsO2. The van der Waals surface area contributed by atoms with Crippen molar-refractivity contribution in [1.29, 1.82) is 0 Å². The van der Waals surface area contributed by atoms with Crippen molar-refractivity contribution in [3.05, 3.63) is 0 Å². The summed E-state index contributed by atoms with van der Waals surface area (Å²) in [6.07, 6.45) is 18.9. The topological polar surface area (TPSA) is 37.3 Å². The van der Waals surface area contributed by atoms with Crippen LogP contribution in [-0.4, -0.2) is 27.9 Å². The molecule has 20 heavy (non-hydrogen) atoms. The van der Waals surface area contributed by atoms with Crippen molar-refractivity contribution in [2.75, 3.05) is 0 Å². The molecule has 0 aromatic heterocycles. The van der Waals surface area contributed by atoms with E-state index in [0.29, 0.717) is 6.42 Å². The Morgan fingerprint density at radius 1 is 0.600 bits per heavy atom. The van der Waals surface area contributed by atoms with Crippen molar-refractivity contribution in [2.24, 2.45) is 0 Å². The van der Waals surface area contributed by atoms with E-state index >= 15 is 0 Å². The van der Waals surface area contributed by atoms with Crippen LogP contribution in [0.5, 0.6) is 0 Å². The van der Waals surface area contributed by atoms with Gasteiger partial charge >= 0.3 is 98.7 Å². The van der Waals surface area contributed by atoms with Crippen LogP contribution >= 0.6 is 0 Å². The van der Waals surface area contributed by atoms with Crippen LogP contribution in [0.15, 0.2) is 0 Å². The van der Waals surface area contributed by atoms with Crippen LogP contribution < -0.4 is 0 Å². The van der Waals surface area contributed by atoms with Crippen molar-refractivity contribution in [1.82, 2.24) is 0 Å². The predicted molar refractivity (Wildman–Crippen MR) is 90.2 cm³/mol. The maximum atomic E-state index is 10.3. The molecule has 0 spiro atoms. The fourth-order valence-corrected chi connectivity index (χ4v) is 3.15. The zero-order valence-electron chi connectivity index (χ0n) is 13.2. The van der Waals surface area contributed by atoms with E-state index in [2.05, 4.69) is 0 Å². The zero-order valence-corrected chi connectivity index (χ0v) is 15.7.